The van der Waals surface area contributed by atoms with Crippen LogP contribution >= 0.6 is 0 Å². The average molecular weight is 319 g/mol. The molecule has 0 aliphatic carbocycles. The van der Waals surface area contributed by atoms with Crippen molar-refractivity contribution in [3.05, 3.63) is 35.9 Å². The van der Waals surface area contributed by atoms with E-state index in [0.29, 0.717) is 6.61 Å². The lowest BCUT2D eigenvalue weighted by Gasteiger charge is -2.33. The molecule has 1 aromatic rings. The molecular formula is C16H17NO6. The lowest BCUT2D eigenvalue weighted by molar-refractivity contribution is -0.254. The smallest absolute Gasteiger partial charge is 0.419 e. The first-order valence-electron chi connectivity index (χ1n) is 7.69. The predicted molar refractivity (Wildman–Crippen MR) is 76.1 cm³/mol. The second kappa shape index (κ2) is 5.59. The zero-order valence-electron chi connectivity index (χ0n) is 12.6. The molecule has 5 atom stereocenters. The standard InChI is InChI=1S/C16H17NO6/c1-2-11(18)17-14-13(23-16(17)19)12-10(21-14)8-20-15(22-12)9-6-4-3-5-7-9/h3-7,10,12-15H,2,8H2,1H3/t10-,12+,13-,14+,15+/m1/s1. The molecule has 7 heteroatoms. The summed E-state index contributed by atoms with van der Waals surface area (Å²) in [5.74, 6) is -0.318. The Labute approximate surface area is 133 Å². The Balaban J connectivity index is 1.54. The third-order valence-electron chi connectivity index (χ3n) is 4.31. The van der Waals surface area contributed by atoms with E-state index in [-0.39, 0.29) is 18.4 Å². The molecule has 0 saturated carbocycles. The van der Waals surface area contributed by atoms with Crippen LogP contribution in [0, 0.1) is 0 Å². The molecule has 0 unspecified atom stereocenters. The van der Waals surface area contributed by atoms with Gasteiger partial charge in [-0.15, -0.1) is 0 Å². The SMILES string of the molecule is CCC(=O)N1C(=O)O[C@@H]2[C@H]3O[C@@H](c4ccccc4)OC[C@H]3O[C@@H]21. The summed E-state index contributed by atoms with van der Waals surface area (Å²) in [5, 5.41) is 0. The van der Waals surface area contributed by atoms with Crippen LogP contribution in [0.25, 0.3) is 0 Å². The van der Waals surface area contributed by atoms with Gasteiger partial charge in [-0.2, -0.15) is 0 Å². The van der Waals surface area contributed by atoms with Crippen LogP contribution in [0.5, 0.6) is 0 Å². The molecule has 1 aromatic carbocycles. The number of benzene rings is 1. The van der Waals surface area contributed by atoms with Gasteiger partial charge in [0.05, 0.1) is 6.61 Å². The van der Waals surface area contributed by atoms with Crippen molar-refractivity contribution in [1.29, 1.82) is 0 Å². The molecule has 122 valence electrons. The fraction of sp³-hybridized carbons (Fsp3) is 0.500. The summed E-state index contributed by atoms with van der Waals surface area (Å²) >= 11 is 0. The van der Waals surface area contributed by atoms with Gasteiger partial charge in [0.15, 0.2) is 18.6 Å². The summed E-state index contributed by atoms with van der Waals surface area (Å²) in [5.41, 5.74) is 0.889. The van der Waals surface area contributed by atoms with Crippen molar-refractivity contribution in [1.82, 2.24) is 4.90 Å². The van der Waals surface area contributed by atoms with Crippen LogP contribution < -0.4 is 0 Å². The van der Waals surface area contributed by atoms with E-state index in [4.69, 9.17) is 18.9 Å². The Hall–Kier alpha value is -1.96. The molecule has 4 rings (SSSR count). The zero-order chi connectivity index (χ0) is 16.0. The molecule has 0 N–H and O–H groups in total. The number of rotatable bonds is 2. The van der Waals surface area contributed by atoms with Gasteiger partial charge in [0, 0.05) is 12.0 Å². The minimum Gasteiger partial charge on any atom is -0.438 e. The monoisotopic (exact) mass is 319 g/mol. The highest BCUT2D eigenvalue weighted by Gasteiger charge is 2.59. The van der Waals surface area contributed by atoms with Gasteiger partial charge in [-0.3, -0.25) is 4.79 Å². The molecule has 0 radical (unpaired) electrons. The summed E-state index contributed by atoms with van der Waals surface area (Å²) in [6.07, 6.45) is -3.14. The lowest BCUT2D eigenvalue weighted by Crippen LogP contribution is -2.43. The van der Waals surface area contributed by atoms with Crippen LogP contribution in [0.15, 0.2) is 30.3 Å². The number of imide groups is 1. The van der Waals surface area contributed by atoms with E-state index >= 15 is 0 Å². The van der Waals surface area contributed by atoms with Crippen molar-refractivity contribution in [2.24, 2.45) is 0 Å². The Morgan fingerprint density at radius 3 is 2.74 bits per heavy atom. The first kappa shape index (κ1) is 14.6. The number of carbonyl (C=O) groups excluding carboxylic acids is 2. The maximum atomic E-state index is 11.9. The second-order valence-corrected chi connectivity index (χ2v) is 5.71. The highest BCUT2D eigenvalue weighted by Crippen LogP contribution is 2.40. The number of ether oxygens (including phenoxy) is 4. The number of carbonyl (C=O) groups is 2. The van der Waals surface area contributed by atoms with Gasteiger partial charge in [-0.05, 0) is 0 Å². The van der Waals surface area contributed by atoms with Gasteiger partial charge in [0.1, 0.15) is 12.2 Å². The van der Waals surface area contributed by atoms with E-state index in [1.54, 1.807) is 6.92 Å². The summed E-state index contributed by atoms with van der Waals surface area (Å²) in [6, 6.07) is 9.53. The van der Waals surface area contributed by atoms with Gasteiger partial charge in [0.25, 0.3) is 0 Å². The van der Waals surface area contributed by atoms with Crippen molar-refractivity contribution >= 4 is 12.0 Å². The third kappa shape index (κ3) is 2.32. The number of hydrogen-bond acceptors (Lipinski definition) is 6. The van der Waals surface area contributed by atoms with Gasteiger partial charge in [-0.1, -0.05) is 37.3 Å². The second-order valence-electron chi connectivity index (χ2n) is 5.71. The van der Waals surface area contributed by atoms with E-state index < -0.39 is 30.8 Å². The molecule has 3 aliphatic rings. The van der Waals surface area contributed by atoms with E-state index in [0.717, 1.165) is 10.5 Å². The Kier molecular flexibility index (Phi) is 3.56. The van der Waals surface area contributed by atoms with Gasteiger partial charge >= 0.3 is 6.09 Å². The Morgan fingerprint density at radius 1 is 1.22 bits per heavy atom. The zero-order valence-corrected chi connectivity index (χ0v) is 12.6. The Morgan fingerprint density at radius 2 is 2.00 bits per heavy atom. The predicted octanol–water partition coefficient (Wildman–Crippen LogP) is 1.58. The Bertz CT molecular complexity index is 620. The lowest BCUT2D eigenvalue weighted by atomic mass is 10.1. The molecule has 3 aliphatic heterocycles. The van der Waals surface area contributed by atoms with Crippen LogP contribution in [-0.2, 0) is 23.7 Å². The molecule has 3 fully saturated rings. The minimum atomic E-state index is -0.733. The molecule has 3 heterocycles. The van der Waals surface area contributed by atoms with Crippen molar-refractivity contribution in [2.75, 3.05) is 6.61 Å². The summed E-state index contributed by atoms with van der Waals surface area (Å²) < 4.78 is 22.8. The van der Waals surface area contributed by atoms with Crippen LogP contribution in [0.1, 0.15) is 25.2 Å². The minimum absolute atomic E-state index is 0.209. The summed E-state index contributed by atoms with van der Waals surface area (Å²) in [7, 11) is 0. The van der Waals surface area contributed by atoms with Crippen molar-refractivity contribution < 1.29 is 28.5 Å². The first-order valence-corrected chi connectivity index (χ1v) is 7.69. The van der Waals surface area contributed by atoms with Gasteiger partial charge < -0.3 is 18.9 Å². The largest absolute Gasteiger partial charge is 0.438 e. The molecule has 3 saturated heterocycles. The quantitative estimate of drug-likeness (QED) is 0.824. The van der Waals surface area contributed by atoms with E-state index in [1.807, 2.05) is 30.3 Å². The maximum Gasteiger partial charge on any atom is 0.419 e. The van der Waals surface area contributed by atoms with Crippen molar-refractivity contribution in [3.63, 3.8) is 0 Å². The van der Waals surface area contributed by atoms with Crippen LogP contribution in [0.2, 0.25) is 0 Å². The van der Waals surface area contributed by atoms with Gasteiger partial charge in [0.2, 0.25) is 5.91 Å². The molecular weight excluding hydrogens is 302 g/mol. The van der Waals surface area contributed by atoms with E-state index in [9.17, 15) is 9.59 Å². The fourth-order valence-electron chi connectivity index (χ4n) is 3.18. The van der Waals surface area contributed by atoms with E-state index in [1.165, 1.54) is 0 Å². The molecule has 7 nitrogen and oxygen atoms in total. The van der Waals surface area contributed by atoms with Crippen molar-refractivity contribution in [3.8, 4) is 0 Å². The number of amides is 2. The third-order valence-corrected chi connectivity index (χ3v) is 4.31. The molecule has 0 spiro atoms. The average Bonchev–Trinajstić information content (AvgIpc) is 3.09. The normalized spacial score (nSPS) is 35.6. The van der Waals surface area contributed by atoms with Crippen LogP contribution in [0.4, 0.5) is 4.79 Å². The van der Waals surface area contributed by atoms with Crippen molar-refractivity contribution in [2.45, 2.75) is 44.2 Å². The molecule has 0 bridgehead atoms. The van der Waals surface area contributed by atoms with Crippen LogP contribution in [-0.4, -0.2) is 48.0 Å². The summed E-state index contributed by atoms with van der Waals surface area (Å²) in [6.45, 7) is 2.01. The molecule has 2 amide bonds. The van der Waals surface area contributed by atoms with Crippen LogP contribution in [0.3, 0.4) is 0 Å². The topological polar surface area (TPSA) is 74.3 Å². The molecule has 0 aromatic heterocycles. The van der Waals surface area contributed by atoms with E-state index in [2.05, 4.69) is 0 Å². The maximum absolute atomic E-state index is 11.9. The van der Waals surface area contributed by atoms with Gasteiger partial charge in [-0.25, -0.2) is 9.69 Å². The number of nitrogens with zero attached hydrogens (tertiary/aromatic N) is 1. The summed E-state index contributed by atoms with van der Waals surface area (Å²) in [4.78, 5) is 24.9. The first-order chi connectivity index (χ1) is 11.2. The molecule has 23 heavy (non-hydrogen) atoms. The number of fused-ring (bicyclic) bond motifs is 3. The highest BCUT2D eigenvalue weighted by molar-refractivity contribution is 5.93. The number of hydrogen-bond donors (Lipinski definition) is 0. The fourth-order valence-corrected chi connectivity index (χ4v) is 3.18. The highest BCUT2D eigenvalue weighted by atomic mass is 16.7.